The second kappa shape index (κ2) is 8.64. The van der Waals surface area contributed by atoms with Crippen LogP contribution in [-0.2, 0) is 15.1 Å². The van der Waals surface area contributed by atoms with Crippen molar-refractivity contribution in [2.75, 3.05) is 40.2 Å². The Kier molecular flexibility index (Phi) is 6.05. The van der Waals surface area contributed by atoms with Crippen LogP contribution in [0, 0.1) is 0 Å². The zero-order valence-electron chi connectivity index (χ0n) is 18.8. The van der Waals surface area contributed by atoms with E-state index in [0.29, 0.717) is 40.7 Å². The van der Waals surface area contributed by atoms with Gasteiger partial charge in [-0.15, -0.1) is 0 Å². The van der Waals surface area contributed by atoms with E-state index in [2.05, 4.69) is 10.2 Å². The normalized spacial score (nSPS) is 22.4. The van der Waals surface area contributed by atoms with Crippen LogP contribution in [0.15, 0.2) is 36.4 Å². The Bertz CT molecular complexity index is 1060. The van der Waals surface area contributed by atoms with Crippen LogP contribution in [0.4, 0.5) is 5.69 Å². The van der Waals surface area contributed by atoms with E-state index < -0.39 is 5.54 Å². The highest BCUT2D eigenvalue weighted by Crippen LogP contribution is 2.52. The Balaban J connectivity index is 1.97. The van der Waals surface area contributed by atoms with Gasteiger partial charge in [-0.1, -0.05) is 11.6 Å². The Morgan fingerprint density at radius 2 is 1.97 bits per heavy atom. The molecule has 8 heteroatoms. The Labute approximate surface area is 193 Å². The molecule has 1 unspecified atom stereocenters. The predicted octanol–water partition coefficient (Wildman–Crippen LogP) is 3.50. The molecule has 32 heavy (non-hydrogen) atoms. The fourth-order valence-electron chi connectivity index (χ4n) is 4.94. The van der Waals surface area contributed by atoms with E-state index >= 15 is 0 Å². The lowest BCUT2D eigenvalue weighted by Gasteiger charge is -2.42. The van der Waals surface area contributed by atoms with E-state index in [1.54, 1.807) is 45.3 Å². The average molecular weight is 458 g/mol. The van der Waals surface area contributed by atoms with Crippen molar-refractivity contribution in [3.63, 3.8) is 0 Å². The number of ether oxygens (including phenoxy) is 2. The highest BCUT2D eigenvalue weighted by Gasteiger charge is 2.57. The van der Waals surface area contributed by atoms with Gasteiger partial charge in [-0.25, -0.2) is 0 Å². The number of rotatable bonds is 6. The number of nitrogens with zero attached hydrogens (tertiary/aromatic N) is 2. The maximum atomic E-state index is 13.9. The number of carbonyl (C=O) groups excluding carboxylic acids is 2. The van der Waals surface area contributed by atoms with Crippen molar-refractivity contribution in [3.8, 4) is 11.5 Å². The zero-order valence-corrected chi connectivity index (χ0v) is 19.5. The molecule has 1 fully saturated rings. The lowest BCUT2D eigenvalue weighted by Crippen LogP contribution is -2.54. The van der Waals surface area contributed by atoms with Crippen molar-refractivity contribution in [1.29, 1.82) is 0 Å². The van der Waals surface area contributed by atoms with Crippen molar-refractivity contribution >= 4 is 29.1 Å². The van der Waals surface area contributed by atoms with Crippen molar-refractivity contribution in [3.05, 3.63) is 52.5 Å². The fourth-order valence-corrected chi connectivity index (χ4v) is 5.11. The highest BCUT2D eigenvalue weighted by molar-refractivity contribution is 6.31. The van der Waals surface area contributed by atoms with Gasteiger partial charge in [0.2, 0.25) is 5.91 Å². The van der Waals surface area contributed by atoms with Crippen molar-refractivity contribution in [2.24, 2.45) is 0 Å². The summed E-state index contributed by atoms with van der Waals surface area (Å²) in [6.07, 6.45) is 2.02. The highest BCUT2D eigenvalue weighted by atomic mass is 35.5. The second-order valence-electron chi connectivity index (χ2n) is 8.40. The molecule has 2 heterocycles. The molecule has 1 saturated heterocycles. The molecule has 0 bridgehead atoms. The van der Waals surface area contributed by atoms with Gasteiger partial charge >= 0.3 is 0 Å². The third kappa shape index (κ3) is 3.49. The quantitative estimate of drug-likeness (QED) is 0.719. The maximum absolute atomic E-state index is 13.9. The number of hydrogen-bond acceptors (Lipinski definition) is 5. The van der Waals surface area contributed by atoms with E-state index in [1.807, 2.05) is 24.3 Å². The first kappa shape index (κ1) is 22.4. The van der Waals surface area contributed by atoms with Crippen LogP contribution in [-0.4, -0.2) is 62.5 Å². The van der Waals surface area contributed by atoms with Crippen LogP contribution in [0.1, 0.15) is 30.4 Å². The molecular weight excluding hydrogens is 430 g/mol. The minimum Gasteiger partial charge on any atom is -0.497 e. The zero-order chi connectivity index (χ0) is 23.0. The van der Waals surface area contributed by atoms with Gasteiger partial charge in [0.25, 0.3) is 5.91 Å². The first-order chi connectivity index (χ1) is 15.3. The van der Waals surface area contributed by atoms with Crippen molar-refractivity contribution in [2.45, 2.75) is 30.8 Å². The molecule has 0 radical (unpaired) electrons. The van der Waals surface area contributed by atoms with E-state index in [9.17, 15) is 9.59 Å². The largest absolute Gasteiger partial charge is 0.497 e. The van der Waals surface area contributed by atoms with Gasteiger partial charge in [0.1, 0.15) is 11.5 Å². The number of nitrogens with one attached hydrogen (secondary N) is 1. The van der Waals surface area contributed by atoms with Gasteiger partial charge in [-0.3, -0.25) is 14.5 Å². The van der Waals surface area contributed by atoms with E-state index in [1.165, 1.54) is 0 Å². The first-order valence-corrected chi connectivity index (χ1v) is 11.0. The van der Waals surface area contributed by atoms with E-state index in [4.69, 9.17) is 21.1 Å². The number of halogens is 1. The lowest BCUT2D eigenvalue weighted by atomic mass is 9.80. The summed E-state index contributed by atoms with van der Waals surface area (Å²) in [5, 5.41) is 3.58. The summed E-state index contributed by atoms with van der Waals surface area (Å²) in [5.41, 5.74) is 0.926. The molecule has 1 N–H and O–H groups in total. The van der Waals surface area contributed by atoms with Crippen LogP contribution in [0.5, 0.6) is 11.5 Å². The molecule has 2 amide bonds. The summed E-state index contributed by atoms with van der Waals surface area (Å²) < 4.78 is 11.2. The Hall–Kier alpha value is -2.77. The summed E-state index contributed by atoms with van der Waals surface area (Å²) in [7, 11) is 6.67. The Morgan fingerprint density at radius 1 is 1.19 bits per heavy atom. The van der Waals surface area contributed by atoms with Gasteiger partial charge in [-0.2, -0.15) is 0 Å². The molecule has 2 aromatic rings. The van der Waals surface area contributed by atoms with Crippen LogP contribution >= 0.6 is 11.6 Å². The molecule has 2 atom stereocenters. The van der Waals surface area contributed by atoms with Crippen molar-refractivity contribution < 1.29 is 19.1 Å². The smallest absolute Gasteiger partial charge is 0.254 e. The van der Waals surface area contributed by atoms with Gasteiger partial charge in [0.05, 0.1) is 14.2 Å². The van der Waals surface area contributed by atoms with E-state index in [-0.39, 0.29) is 17.9 Å². The number of likely N-dealkylation sites (tertiary alicyclic amines) is 1. The molecule has 2 aliphatic rings. The maximum Gasteiger partial charge on any atom is 0.254 e. The number of hydrogen-bond donors (Lipinski definition) is 1. The summed E-state index contributed by atoms with van der Waals surface area (Å²) in [6.45, 7) is 0.658. The third-order valence-electron chi connectivity index (χ3n) is 6.46. The predicted molar refractivity (Wildman–Crippen MR) is 123 cm³/mol. The standard InChI is InChI=1S/C24H28ClN3O4/c1-27(2)22(29)13-16-6-5-11-28(16)24(19-14-17(31-3)8-10-21(19)32-4)18-12-15(25)7-9-20(18)26-23(24)30/h7-10,12,14,16H,5-6,11,13H2,1-4H3,(H,26,30)/t16-,24?/m0/s1. The summed E-state index contributed by atoms with van der Waals surface area (Å²) in [6, 6.07) is 10.8. The number of carbonyl (C=O) groups is 2. The second-order valence-corrected chi connectivity index (χ2v) is 8.84. The van der Waals surface area contributed by atoms with Crippen LogP contribution < -0.4 is 14.8 Å². The van der Waals surface area contributed by atoms with Gasteiger partial charge in [0, 0.05) is 54.9 Å². The molecular formula is C24H28ClN3O4. The molecule has 0 spiro atoms. The molecule has 7 nitrogen and oxygen atoms in total. The number of fused-ring (bicyclic) bond motifs is 1. The van der Waals surface area contributed by atoms with Crippen molar-refractivity contribution in [1.82, 2.24) is 9.80 Å². The third-order valence-corrected chi connectivity index (χ3v) is 6.70. The van der Waals surface area contributed by atoms with Crippen LogP contribution in [0.25, 0.3) is 0 Å². The minimum absolute atomic E-state index is 0.0272. The Morgan fingerprint density at radius 3 is 2.66 bits per heavy atom. The topological polar surface area (TPSA) is 71.1 Å². The molecule has 0 saturated carbocycles. The molecule has 2 aromatic carbocycles. The average Bonchev–Trinajstić information content (AvgIpc) is 3.34. The summed E-state index contributed by atoms with van der Waals surface area (Å²) >= 11 is 6.41. The van der Waals surface area contributed by atoms with Crippen LogP contribution in [0.2, 0.25) is 5.02 Å². The first-order valence-electron chi connectivity index (χ1n) is 10.6. The number of amides is 2. The summed E-state index contributed by atoms with van der Waals surface area (Å²) in [5.74, 6) is 1.02. The van der Waals surface area contributed by atoms with Crippen LogP contribution in [0.3, 0.4) is 0 Å². The molecule has 4 rings (SSSR count). The number of benzene rings is 2. The molecule has 2 aliphatic heterocycles. The van der Waals surface area contributed by atoms with E-state index in [0.717, 1.165) is 18.4 Å². The minimum atomic E-state index is -1.20. The molecule has 0 aliphatic carbocycles. The fraction of sp³-hybridized carbons (Fsp3) is 0.417. The summed E-state index contributed by atoms with van der Waals surface area (Å²) in [4.78, 5) is 30.3. The number of methoxy groups -OCH3 is 2. The lowest BCUT2D eigenvalue weighted by molar-refractivity contribution is -0.132. The van der Waals surface area contributed by atoms with Gasteiger partial charge in [-0.05, 0) is 49.2 Å². The molecule has 0 aromatic heterocycles. The molecule has 170 valence electrons. The monoisotopic (exact) mass is 457 g/mol. The SMILES string of the molecule is COc1ccc(OC)c(C2(N3CCC[C@H]3CC(=O)N(C)C)C(=O)Nc3ccc(Cl)cc32)c1. The van der Waals surface area contributed by atoms with Gasteiger partial charge in [0.15, 0.2) is 5.54 Å². The van der Waals surface area contributed by atoms with Gasteiger partial charge < -0.3 is 19.7 Å². The number of anilines is 1.